The summed E-state index contributed by atoms with van der Waals surface area (Å²) in [5, 5.41) is 6.14. The van der Waals surface area contributed by atoms with E-state index >= 15 is 0 Å². The Morgan fingerprint density at radius 1 is 1.27 bits per heavy atom. The Kier molecular flexibility index (Phi) is 4.61. The molecule has 1 aromatic carbocycles. The number of carbonyl (C=O) groups is 1. The fraction of sp³-hybridized carbons (Fsp3) is 0.357. The van der Waals surface area contributed by atoms with Crippen LogP contribution in [0.1, 0.15) is 18.4 Å². The van der Waals surface area contributed by atoms with Gasteiger partial charge in [0.2, 0.25) is 5.91 Å². The molecule has 2 N–H and O–H groups in total. The van der Waals surface area contributed by atoms with Crippen molar-refractivity contribution in [3.8, 4) is 0 Å². The SMILES string of the molecule is O=C1CCCc2cc(S(=O)(=O)Nc3ncn(CC(F)(F)F)n3)ccc2N1. The molecule has 0 radical (unpaired) electrons. The van der Waals surface area contributed by atoms with Gasteiger partial charge in [0, 0.05) is 12.1 Å². The van der Waals surface area contributed by atoms with E-state index in [9.17, 15) is 26.4 Å². The highest BCUT2D eigenvalue weighted by atomic mass is 32.2. The maximum absolute atomic E-state index is 12.4. The molecular formula is C14H14F3N5O3S. The van der Waals surface area contributed by atoms with Crippen LogP contribution in [0.5, 0.6) is 0 Å². The minimum Gasteiger partial charge on any atom is -0.326 e. The van der Waals surface area contributed by atoms with E-state index in [-0.39, 0.29) is 10.8 Å². The Hall–Kier alpha value is -2.63. The van der Waals surface area contributed by atoms with Gasteiger partial charge in [-0.05, 0) is 36.6 Å². The number of rotatable bonds is 4. The number of halogens is 3. The summed E-state index contributed by atoms with van der Waals surface area (Å²) in [5.74, 6) is -0.602. The molecule has 1 aliphatic rings. The Balaban J connectivity index is 1.80. The minimum atomic E-state index is -4.49. The highest BCUT2D eigenvalue weighted by molar-refractivity contribution is 7.92. The van der Waals surface area contributed by atoms with E-state index in [1.165, 1.54) is 18.2 Å². The largest absolute Gasteiger partial charge is 0.408 e. The third-order valence-corrected chi connectivity index (χ3v) is 4.94. The maximum Gasteiger partial charge on any atom is 0.408 e. The summed E-state index contributed by atoms with van der Waals surface area (Å²) in [6.07, 6.45) is -2.26. The van der Waals surface area contributed by atoms with Crippen molar-refractivity contribution < 1.29 is 26.4 Å². The Morgan fingerprint density at radius 2 is 2.04 bits per heavy atom. The van der Waals surface area contributed by atoms with Gasteiger partial charge in [-0.2, -0.15) is 18.2 Å². The van der Waals surface area contributed by atoms with Crippen LogP contribution in [0, 0.1) is 0 Å². The Morgan fingerprint density at radius 3 is 2.77 bits per heavy atom. The number of hydrogen-bond donors (Lipinski definition) is 2. The van der Waals surface area contributed by atoms with Crippen LogP contribution in [0.25, 0.3) is 0 Å². The second-order valence-electron chi connectivity index (χ2n) is 5.71. The quantitative estimate of drug-likeness (QED) is 0.831. The molecule has 0 saturated carbocycles. The van der Waals surface area contributed by atoms with Gasteiger partial charge in [0.05, 0.1) is 4.90 Å². The molecule has 2 aromatic rings. The first kappa shape index (κ1) is 18.2. The molecule has 0 fully saturated rings. The van der Waals surface area contributed by atoms with Crippen molar-refractivity contribution in [1.29, 1.82) is 0 Å². The zero-order valence-electron chi connectivity index (χ0n) is 13.2. The van der Waals surface area contributed by atoms with E-state index in [4.69, 9.17) is 0 Å². The predicted octanol–water partition coefficient (Wildman–Crippen LogP) is 1.92. The molecule has 2 heterocycles. The molecule has 1 aliphatic heterocycles. The second kappa shape index (κ2) is 6.59. The summed E-state index contributed by atoms with van der Waals surface area (Å²) in [6.45, 7) is -1.37. The molecule has 26 heavy (non-hydrogen) atoms. The smallest absolute Gasteiger partial charge is 0.326 e. The number of sulfonamides is 1. The van der Waals surface area contributed by atoms with Crippen molar-refractivity contribution in [2.75, 3.05) is 10.0 Å². The van der Waals surface area contributed by atoms with Crippen LogP contribution in [0.2, 0.25) is 0 Å². The summed E-state index contributed by atoms with van der Waals surface area (Å²) in [6, 6.07) is 4.18. The van der Waals surface area contributed by atoms with Crippen LogP contribution < -0.4 is 10.0 Å². The standard InChI is InChI=1S/C14H14F3N5O3S/c15-14(16,17)7-22-8-18-13(20-22)21-26(24,25)10-4-5-11-9(6-10)2-1-3-12(23)19-11/h4-6,8H,1-3,7H2,(H,19,23)(H,20,21). The molecule has 8 nitrogen and oxygen atoms in total. The summed E-state index contributed by atoms with van der Waals surface area (Å²) >= 11 is 0. The predicted molar refractivity (Wildman–Crippen MR) is 84.9 cm³/mol. The van der Waals surface area contributed by atoms with Gasteiger partial charge in [-0.25, -0.2) is 17.8 Å². The van der Waals surface area contributed by atoms with Gasteiger partial charge < -0.3 is 5.32 Å². The number of anilines is 2. The molecule has 0 unspecified atom stereocenters. The molecule has 0 spiro atoms. The summed E-state index contributed by atoms with van der Waals surface area (Å²) < 4.78 is 64.3. The number of aryl methyl sites for hydroxylation is 1. The molecule has 3 rings (SSSR count). The number of hydrogen-bond acceptors (Lipinski definition) is 5. The minimum absolute atomic E-state index is 0.0976. The zero-order valence-corrected chi connectivity index (χ0v) is 14.1. The Bertz CT molecular complexity index is 940. The lowest BCUT2D eigenvalue weighted by Gasteiger charge is -2.10. The van der Waals surface area contributed by atoms with Gasteiger partial charge in [0.15, 0.2) is 0 Å². The van der Waals surface area contributed by atoms with Crippen molar-refractivity contribution in [1.82, 2.24) is 14.8 Å². The average Bonchev–Trinajstić information content (AvgIpc) is 2.83. The van der Waals surface area contributed by atoms with Gasteiger partial charge in [-0.3, -0.25) is 4.79 Å². The monoisotopic (exact) mass is 389 g/mol. The Labute approximate surface area is 146 Å². The molecule has 1 amide bonds. The van der Waals surface area contributed by atoms with E-state index in [0.717, 1.165) is 6.33 Å². The summed E-state index contributed by atoms with van der Waals surface area (Å²) in [5.41, 5.74) is 1.20. The van der Waals surface area contributed by atoms with E-state index in [1.807, 2.05) is 4.72 Å². The number of nitrogens with zero attached hydrogens (tertiary/aromatic N) is 3. The second-order valence-corrected chi connectivity index (χ2v) is 7.39. The highest BCUT2D eigenvalue weighted by Crippen LogP contribution is 2.26. The maximum atomic E-state index is 12.4. The van der Waals surface area contributed by atoms with Crippen LogP contribution in [0.4, 0.5) is 24.8 Å². The van der Waals surface area contributed by atoms with Gasteiger partial charge in [0.25, 0.3) is 16.0 Å². The summed E-state index contributed by atoms with van der Waals surface area (Å²) in [7, 11) is -4.08. The van der Waals surface area contributed by atoms with E-state index < -0.39 is 28.7 Å². The topological polar surface area (TPSA) is 106 Å². The first-order valence-corrected chi connectivity index (χ1v) is 9.02. The molecule has 0 atom stereocenters. The van der Waals surface area contributed by atoms with Gasteiger partial charge >= 0.3 is 6.18 Å². The number of carbonyl (C=O) groups excluding carboxylic acids is 1. The van der Waals surface area contributed by atoms with Gasteiger partial charge in [-0.15, -0.1) is 5.10 Å². The number of nitrogens with one attached hydrogen (secondary N) is 2. The first-order valence-electron chi connectivity index (χ1n) is 7.54. The lowest BCUT2D eigenvalue weighted by atomic mass is 10.1. The number of alkyl halides is 3. The van der Waals surface area contributed by atoms with Crippen LogP contribution in [-0.4, -0.2) is 35.3 Å². The highest BCUT2D eigenvalue weighted by Gasteiger charge is 2.29. The van der Waals surface area contributed by atoms with Crippen molar-refractivity contribution in [2.45, 2.75) is 36.9 Å². The molecular weight excluding hydrogens is 375 g/mol. The van der Waals surface area contributed by atoms with Crippen LogP contribution >= 0.6 is 0 Å². The average molecular weight is 389 g/mol. The van der Waals surface area contributed by atoms with Crippen LogP contribution in [0.15, 0.2) is 29.4 Å². The van der Waals surface area contributed by atoms with Crippen molar-refractivity contribution in [3.63, 3.8) is 0 Å². The van der Waals surface area contributed by atoms with E-state index in [0.29, 0.717) is 35.2 Å². The fourth-order valence-electron chi connectivity index (χ4n) is 2.50. The van der Waals surface area contributed by atoms with E-state index in [2.05, 4.69) is 15.4 Å². The van der Waals surface area contributed by atoms with Crippen molar-refractivity contribution in [3.05, 3.63) is 30.1 Å². The van der Waals surface area contributed by atoms with Gasteiger partial charge in [-0.1, -0.05) is 0 Å². The third kappa shape index (κ3) is 4.31. The van der Waals surface area contributed by atoms with Gasteiger partial charge in [0.1, 0.15) is 12.9 Å². The number of fused-ring (bicyclic) bond motifs is 1. The molecule has 1 aromatic heterocycles. The molecule has 0 aliphatic carbocycles. The molecule has 0 bridgehead atoms. The van der Waals surface area contributed by atoms with E-state index in [1.54, 1.807) is 0 Å². The number of amides is 1. The van der Waals surface area contributed by atoms with Crippen LogP contribution in [0.3, 0.4) is 0 Å². The normalized spacial score (nSPS) is 15.1. The zero-order chi connectivity index (χ0) is 18.9. The number of benzene rings is 1. The van der Waals surface area contributed by atoms with Crippen LogP contribution in [-0.2, 0) is 27.8 Å². The lowest BCUT2D eigenvalue weighted by molar-refractivity contribution is -0.142. The number of aromatic nitrogens is 3. The third-order valence-electron chi connectivity index (χ3n) is 3.61. The van der Waals surface area contributed by atoms with Crippen molar-refractivity contribution in [2.24, 2.45) is 0 Å². The lowest BCUT2D eigenvalue weighted by Crippen LogP contribution is -2.19. The molecule has 12 heteroatoms. The fourth-order valence-corrected chi connectivity index (χ4v) is 3.49. The molecule has 140 valence electrons. The summed E-state index contributed by atoms with van der Waals surface area (Å²) in [4.78, 5) is 15.0. The molecule has 0 saturated heterocycles. The first-order chi connectivity index (χ1) is 12.1. The van der Waals surface area contributed by atoms with Crippen molar-refractivity contribution >= 4 is 27.6 Å².